The first-order valence-electron chi connectivity index (χ1n) is 19.2. The van der Waals surface area contributed by atoms with Crippen LogP contribution in [0.3, 0.4) is 0 Å². The number of carbonyl (C=O) groups excluding carboxylic acids is 2. The summed E-state index contributed by atoms with van der Waals surface area (Å²) >= 11 is 0. The second-order valence-corrected chi connectivity index (χ2v) is 15.1. The second kappa shape index (κ2) is 19.3. The lowest BCUT2D eigenvalue weighted by molar-refractivity contribution is -0.129. The maximum absolute atomic E-state index is 13.8. The zero-order valence-corrected chi connectivity index (χ0v) is 32.6. The summed E-state index contributed by atoms with van der Waals surface area (Å²) in [5.74, 6) is 0.436. The second-order valence-electron chi connectivity index (χ2n) is 15.1. The number of aryl methyl sites for hydroxylation is 1. The fraction of sp³-hybridized carbons (Fsp3) is 0.348. The molecule has 4 aromatic carbocycles. The molecule has 288 valence electrons. The third-order valence-electron chi connectivity index (χ3n) is 9.68. The molecule has 0 aliphatic carbocycles. The average Bonchev–Trinajstić information content (AvgIpc) is 3.18. The number of aliphatic hydroxyl groups excluding tert-OH is 1. The Bertz CT molecular complexity index is 1950. The van der Waals surface area contributed by atoms with Gasteiger partial charge in [0.05, 0.1) is 6.61 Å². The summed E-state index contributed by atoms with van der Waals surface area (Å²) in [6.45, 7) is 11.2. The number of benzene rings is 4. The van der Waals surface area contributed by atoms with Gasteiger partial charge < -0.3 is 25.6 Å². The van der Waals surface area contributed by atoms with Gasteiger partial charge in [0.2, 0.25) is 5.91 Å². The van der Waals surface area contributed by atoms with Crippen molar-refractivity contribution in [2.75, 3.05) is 6.61 Å². The quantitative estimate of drug-likeness (QED) is 0.0557. The summed E-state index contributed by atoms with van der Waals surface area (Å²) < 4.78 is 5.91. The van der Waals surface area contributed by atoms with Crippen molar-refractivity contribution in [1.29, 1.82) is 0 Å². The van der Waals surface area contributed by atoms with E-state index in [1.807, 2.05) is 79.7 Å². The van der Waals surface area contributed by atoms with E-state index in [2.05, 4.69) is 48.3 Å². The Balaban J connectivity index is 1.27. The van der Waals surface area contributed by atoms with Crippen molar-refractivity contribution in [2.24, 2.45) is 0 Å². The Kier molecular flexibility index (Phi) is 14.3. The minimum Gasteiger partial charge on any atom is -0.494 e. The molecule has 0 aliphatic rings. The smallest absolute Gasteiger partial charge is 0.251 e. The number of unbranched alkanes of at least 4 members (excludes halogenated alkanes) is 4. The molecular weight excluding hydrogens is 689 g/mol. The number of hydrogen-bond acceptors (Lipinski definition) is 7. The molecule has 0 aliphatic heterocycles. The van der Waals surface area contributed by atoms with Crippen LogP contribution in [0.1, 0.15) is 98.5 Å². The molecule has 2 amide bonds. The highest BCUT2D eigenvalue weighted by atomic mass is 16.5. The van der Waals surface area contributed by atoms with Crippen LogP contribution in [0.4, 0.5) is 0 Å². The topological polar surface area (TPSA) is 134 Å². The van der Waals surface area contributed by atoms with Gasteiger partial charge in [0.1, 0.15) is 17.8 Å². The number of amides is 2. The van der Waals surface area contributed by atoms with Crippen molar-refractivity contribution in [3.8, 4) is 28.3 Å². The molecular formula is C46H54N4O5. The lowest BCUT2D eigenvalue weighted by Crippen LogP contribution is -2.50. The molecule has 0 fully saturated rings. The largest absolute Gasteiger partial charge is 0.494 e. The van der Waals surface area contributed by atoms with Gasteiger partial charge in [0.25, 0.3) is 5.91 Å². The predicted molar refractivity (Wildman–Crippen MR) is 218 cm³/mol. The van der Waals surface area contributed by atoms with E-state index < -0.39 is 30.2 Å². The number of carbonyl (C=O) groups is 2. The van der Waals surface area contributed by atoms with E-state index >= 15 is 0 Å². The maximum Gasteiger partial charge on any atom is 0.251 e. The van der Waals surface area contributed by atoms with Crippen molar-refractivity contribution < 1.29 is 24.5 Å². The summed E-state index contributed by atoms with van der Waals surface area (Å²) in [5, 5.41) is 26.1. The third kappa shape index (κ3) is 11.8. The van der Waals surface area contributed by atoms with Crippen LogP contribution >= 0.6 is 0 Å². The van der Waals surface area contributed by atoms with Gasteiger partial charge in [-0.15, -0.1) is 0 Å². The van der Waals surface area contributed by atoms with E-state index in [1.54, 1.807) is 36.7 Å². The van der Waals surface area contributed by atoms with E-state index in [0.717, 1.165) is 52.2 Å². The Labute approximate surface area is 325 Å². The molecule has 0 saturated carbocycles. The molecule has 0 spiro atoms. The van der Waals surface area contributed by atoms with Crippen molar-refractivity contribution in [1.82, 2.24) is 20.6 Å². The minimum absolute atomic E-state index is 0.0818. The van der Waals surface area contributed by atoms with Crippen LogP contribution in [0.25, 0.3) is 22.5 Å². The Morgan fingerprint density at radius 2 is 1.35 bits per heavy atom. The Morgan fingerprint density at radius 3 is 1.95 bits per heavy atom. The number of nitrogens with zero attached hydrogens (tertiary/aromatic N) is 2. The SMILES string of the molecule is CCCCCCCOc1ccc(-c2cnc(-c3ccc(C[C@H](NC(=O)c4ccc(C(C)(C)C)cc4)C(=O)NC(c4ccc(C)cc4)C(O)O)cc3)nc2)cc1. The van der Waals surface area contributed by atoms with Crippen LogP contribution in [-0.4, -0.2) is 50.9 Å². The van der Waals surface area contributed by atoms with Crippen LogP contribution in [0.2, 0.25) is 0 Å². The first-order chi connectivity index (χ1) is 26.4. The third-order valence-corrected chi connectivity index (χ3v) is 9.68. The van der Waals surface area contributed by atoms with Gasteiger partial charge in [-0.05, 0) is 65.3 Å². The molecule has 4 N–H and O–H groups in total. The molecule has 0 saturated heterocycles. The highest BCUT2D eigenvalue weighted by Gasteiger charge is 2.28. The van der Waals surface area contributed by atoms with Crippen LogP contribution in [0.15, 0.2) is 109 Å². The van der Waals surface area contributed by atoms with Crippen LogP contribution < -0.4 is 15.4 Å². The average molecular weight is 743 g/mol. The van der Waals surface area contributed by atoms with Crippen LogP contribution in [-0.2, 0) is 16.6 Å². The number of aliphatic hydroxyl groups is 2. The van der Waals surface area contributed by atoms with Gasteiger partial charge in [-0.3, -0.25) is 9.59 Å². The summed E-state index contributed by atoms with van der Waals surface area (Å²) in [6, 6.07) is 27.8. The van der Waals surface area contributed by atoms with Crippen LogP contribution in [0, 0.1) is 6.92 Å². The number of nitrogens with one attached hydrogen (secondary N) is 2. The maximum atomic E-state index is 13.8. The first-order valence-corrected chi connectivity index (χ1v) is 19.2. The number of ether oxygens (including phenoxy) is 1. The van der Waals surface area contributed by atoms with Gasteiger partial charge in [-0.1, -0.05) is 132 Å². The number of hydrogen-bond donors (Lipinski definition) is 4. The normalized spacial score (nSPS) is 12.6. The first kappa shape index (κ1) is 40.8. The van der Waals surface area contributed by atoms with Gasteiger partial charge in [-0.2, -0.15) is 0 Å². The van der Waals surface area contributed by atoms with E-state index in [1.165, 1.54) is 25.7 Å². The summed E-state index contributed by atoms with van der Waals surface area (Å²) in [6.07, 6.45) is 7.88. The molecule has 0 radical (unpaired) electrons. The molecule has 2 atom stereocenters. The summed E-state index contributed by atoms with van der Waals surface area (Å²) in [5.41, 5.74) is 6.40. The van der Waals surface area contributed by atoms with E-state index in [0.29, 0.717) is 17.0 Å². The number of rotatable bonds is 17. The summed E-state index contributed by atoms with van der Waals surface area (Å²) in [4.78, 5) is 36.6. The standard InChI is InChI=1S/C46H54N4O5/c1-6-7-8-9-10-27-55-39-25-21-33(22-26-39)37-29-47-42(48-30-37)35-17-13-32(14-18-35)28-40(49-43(51)36-19-23-38(24-20-36)46(3,4)5)44(52)50-41(45(53)54)34-15-11-31(2)12-16-34/h11-26,29-30,40-41,45,53-54H,6-10,27-28H2,1-5H3,(H,49,51)(H,50,52)/t40-,41?/m0/s1. The zero-order valence-electron chi connectivity index (χ0n) is 32.6. The zero-order chi connectivity index (χ0) is 39.4. The highest BCUT2D eigenvalue weighted by molar-refractivity contribution is 5.97. The Morgan fingerprint density at radius 1 is 0.727 bits per heavy atom. The highest BCUT2D eigenvalue weighted by Crippen LogP contribution is 2.25. The molecule has 5 rings (SSSR count). The minimum atomic E-state index is -1.86. The predicted octanol–water partition coefficient (Wildman–Crippen LogP) is 8.28. The molecule has 9 nitrogen and oxygen atoms in total. The Hall–Kier alpha value is -5.38. The molecule has 0 bridgehead atoms. The molecule has 5 aromatic rings. The van der Waals surface area contributed by atoms with Crippen LogP contribution in [0.5, 0.6) is 5.75 Å². The van der Waals surface area contributed by atoms with E-state index in [4.69, 9.17) is 4.74 Å². The lowest BCUT2D eigenvalue weighted by Gasteiger charge is -2.25. The fourth-order valence-electron chi connectivity index (χ4n) is 6.22. The summed E-state index contributed by atoms with van der Waals surface area (Å²) in [7, 11) is 0. The molecule has 55 heavy (non-hydrogen) atoms. The fourth-order valence-corrected chi connectivity index (χ4v) is 6.22. The molecule has 1 unspecified atom stereocenters. The van der Waals surface area contributed by atoms with Crippen molar-refractivity contribution in [2.45, 2.75) is 96.9 Å². The van der Waals surface area contributed by atoms with E-state index in [9.17, 15) is 19.8 Å². The van der Waals surface area contributed by atoms with Gasteiger partial charge >= 0.3 is 0 Å². The molecule has 9 heteroatoms. The monoisotopic (exact) mass is 742 g/mol. The van der Waals surface area contributed by atoms with Gasteiger partial charge in [-0.25, -0.2) is 9.97 Å². The molecule has 1 heterocycles. The van der Waals surface area contributed by atoms with E-state index in [-0.39, 0.29) is 11.8 Å². The van der Waals surface area contributed by atoms with Crippen molar-refractivity contribution in [3.63, 3.8) is 0 Å². The molecule has 1 aromatic heterocycles. The van der Waals surface area contributed by atoms with Crippen molar-refractivity contribution >= 4 is 11.8 Å². The van der Waals surface area contributed by atoms with Crippen molar-refractivity contribution in [3.05, 3.63) is 137 Å². The lowest BCUT2D eigenvalue weighted by atomic mass is 9.86. The number of aromatic nitrogens is 2. The van der Waals surface area contributed by atoms with Gasteiger partial charge in [0.15, 0.2) is 12.1 Å². The van der Waals surface area contributed by atoms with Gasteiger partial charge in [0, 0.05) is 35.5 Å².